The highest BCUT2D eigenvalue weighted by molar-refractivity contribution is 6.30. The molecule has 0 heterocycles. The normalized spacial score (nSPS) is 11.0. The summed E-state index contributed by atoms with van der Waals surface area (Å²) in [6.45, 7) is 4.76. The Morgan fingerprint density at radius 3 is 2.03 bits per heavy atom. The van der Waals surface area contributed by atoms with Crippen LogP contribution < -0.4 is 20.1 Å². The van der Waals surface area contributed by atoms with E-state index in [0.29, 0.717) is 19.1 Å². The fourth-order valence-corrected chi connectivity index (χ4v) is 2.92. The largest absolute Gasteiger partial charge is 0.497 e. The van der Waals surface area contributed by atoms with Crippen molar-refractivity contribution in [1.29, 1.82) is 0 Å². The molecule has 0 spiro atoms. The molecule has 0 saturated carbocycles. The topological polar surface area (TPSA) is 54.9 Å². The molecule has 3 aromatic rings. The van der Waals surface area contributed by atoms with E-state index in [2.05, 4.69) is 17.2 Å². The molecule has 0 aliphatic rings. The first-order valence-electron chi connectivity index (χ1n) is 9.97. The van der Waals surface area contributed by atoms with Crippen molar-refractivity contribution in [2.45, 2.75) is 6.42 Å². The molecule has 0 saturated heterocycles. The zero-order valence-electron chi connectivity index (χ0n) is 17.5. The van der Waals surface area contributed by atoms with Crippen molar-refractivity contribution in [3.05, 3.63) is 96.0 Å². The molecule has 160 valence electrons. The second-order valence-corrected chi connectivity index (χ2v) is 7.15. The minimum atomic E-state index is 0.475. The minimum absolute atomic E-state index is 0.475. The molecule has 2 N–H and O–H groups in total. The summed E-state index contributed by atoms with van der Waals surface area (Å²) in [6, 6.07) is 23.2. The van der Waals surface area contributed by atoms with Crippen LogP contribution in [0, 0.1) is 0 Å². The molecule has 3 aromatic carbocycles. The molecule has 0 aromatic heterocycles. The number of hydrogen-bond donors (Lipinski definition) is 2. The zero-order valence-corrected chi connectivity index (χ0v) is 18.2. The second kappa shape index (κ2) is 11.7. The van der Waals surface area contributed by atoms with Gasteiger partial charge in [-0.3, -0.25) is 4.99 Å². The van der Waals surface area contributed by atoms with E-state index < -0.39 is 0 Å². The molecule has 0 amide bonds. The van der Waals surface area contributed by atoms with Crippen LogP contribution in [0.3, 0.4) is 0 Å². The highest BCUT2D eigenvalue weighted by Gasteiger charge is 2.04. The number of guanidine groups is 1. The molecular formula is C25H26ClN3O2. The van der Waals surface area contributed by atoms with Crippen LogP contribution in [-0.4, -0.2) is 26.2 Å². The lowest BCUT2D eigenvalue weighted by atomic mass is 10.1. The van der Waals surface area contributed by atoms with Gasteiger partial charge in [0.15, 0.2) is 5.96 Å². The van der Waals surface area contributed by atoms with E-state index in [1.165, 1.54) is 5.56 Å². The smallest absolute Gasteiger partial charge is 0.200 e. The summed E-state index contributed by atoms with van der Waals surface area (Å²) in [7, 11) is 1.65. The number of ether oxygens (including phenoxy) is 2. The maximum atomic E-state index is 5.97. The minimum Gasteiger partial charge on any atom is -0.497 e. The van der Waals surface area contributed by atoms with Gasteiger partial charge in [-0.05, 0) is 72.6 Å². The quantitative estimate of drug-likeness (QED) is 0.244. The lowest BCUT2D eigenvalue weighted by Crippen LogP contribution is -2.22. The lowest BCUT2D eigenvalue weighted by Gasteiger charge is -2.14. The highest BCUT2D eigenvalue weighted by Crippen LogP contribution is 2.18. The number of nitrogens with zero attached hydrogens (tertiary/aromatic N) is 1. The van der Waals surface area contributed by atoms with Gasteiger partial charge in [0.2, 0.25) is 0 Å². The number of methoxy groups -OCH3 is 1. The molecule has 31 heavy (non-hydrogen) atoms. The van der Waals surface area contributed by atoms with Gasteiger partial charge in [0.05, 0.1) is 7.11 Å². The van der Waals surface area contributed by atoms with E-state index in [4.69, 9.17) is 26.1 Å². The average Bonchev–Trinajstić information content (AvgIpc) is 2.80. The highest BCUT2D eigenvalue weighted by atomic mass is 35.5. The van der Waals surface area contributed by atoms with Crippen LogP contribution in [0.25, 0.3) is 0 Å². The number of nitrogens with one attached hydrogen (secondary N) is 2. The lowest BCUT2D eigenvalue weighted by molar-refractivity contribution is 0.363. The van der Waals surface area contributed by atoms with Crippen LogP contribution in [0.1, 0.15) is 5.56 Å². The van der Waals surface area contributed by atoms with E-state index >= 15 is 0 Å². The summed E-state index contributed by atoms with van der Waals surface area (Å²) in [5, 5.41) is 7.42. The van der Waals surface area contributed by atoms with Crippen LogP contribution in [0.4, 0.5) is 11.4 Å². The SMILES string of the molecule is C=CCOc1ccc(NC(=NCCc2ccc(Cl)cc2)Nc2ccc(OC)cc2)cc1. The fourth-order valence-electron chi connectivity index (χ4n) is 2.80. The van der Waals surface area contributed by atoms with Gasteiger partial charge in [-0.2, -0.15) is 0 Å². The van der Waals surface area contributed by atoms with Crippen molar-refractivity contribution in [1.82, 2.24) is 0 Å². The summed E-state index contributed by atoms with van der Waals surface area (Å²) in [5.74, 6) is 2.24. The second-order valence-electron chi connectivity index (χ2n) is 6.71. The van der Waals surface area contributed by atoms with E-state index in [0.717, 1.165) is 34.3 Å². The molecule has 0 aliphatic heterocycles. The molecule has 0 unspecified atom stereocenters. The van der Waals surface area contributed by atoms with Crippen molar-refractivity contribution in [2.75, 3.05) is 30.9 Å². The standard InChI is InChI=1S/C25H26ClN3O2/c1-3-18-31-24-14-10-22(11-15-24)29-25(28-21-8-12-23(30-2)13-9-21)27-17-16-19-4-6-20(26)7-5-19/h3-15H,1,16-18H2,2H3,(H2,27,28,29). The molecule has 6 heteroatoms. The van der Waals surface area contributed by atoms with Crippen molar-refractivity contribution in [3.8, 4) is 11.5 Å². The Balaban J connectivity index is 1.70. The Morgan fingerprint density at radius 1 is 0.903 bits per heavy atom. The Kier molecular flexibility index (Phi) is 8.38. The third-order valence-electron chi connectivity index (χ3n) is 4.42. The van der Waals surface area contributed by atoms with Crippen molar-refractivity contribution < 1.29 is 9.47 Å². The first-order chi connectivity index (χ1) is 15.2. The molecule has 3 rings (SSSR count). The van der Waals surface area contributed by atoms with Crippen LogP contribution in [0.5, 0.6) is 11.5 Å². The van der Waals surface area contributed by atoms with Gasteiger partial charge in [0.25, 0.3) is 0 Å². The van der Waals surface area contributed by atoms with Gasteiger partial charge in [-0.15, -0.1) is 0 Å². The predicted molar refractivity (Wildman–Crippen MR) is 130 cm³/mol. The van der Waals surface area contributed by atoms with Gasteiger partial charge >= 0.3 is 0 Å². The Morgan fingerprint density at radius 2 is 1.48 bits per heavy atom. The average molecular weight is 436 g/mol. The van der Waals surface area contributed by atoms with Crippen LogP contribution in [0.15, 0.2) is 90.4 Å². The maximum Gasteiger partial charge on any atom is 0.200 e. The molecular weight excluding hydrogens is 410 g/mol. The third-order valence-corrected chi connectivity index (χ3v) is 4.67. The molecule has 0 bridgehead atoms. The maximum absolute atomic E-state index is 5.97. The number of rotatable bonds is 9. The van der Waals surface area contributed by atoms with E-state index in [1.807, 2.05) is 72.8 Å². The van der Waals surface area contributed by atoms with E-state index in [9.17, 15) is 0 Å². The number of anilines is 2. The van der Waals surface area contributed by atoms with E-state index in [1.54, 1.807) is 13.2 Å². The van der Waals surface area contributed by atoms with Crippen molar-refractivity contribution in [3.63, 3.8) is 0 Å². The van der Waals surface area contributed by atoms with Gasteiger partial charge in [-0.25, -0.2) is 0 Å². The number of hydrogen-bond acceptors (Lipinski definition) is 3. The number of aliphatic imine (C=N–C) groups is 1. The van der Waals surface area contributed by atoms with E-state index in [-0.39, 0.29) is 0 Å². The van der Waals surface area contributed by atoms with Crippen LogP contribution >= 0.6 is 11.6 Å². The van der Waals surface area contributed by atoms with Crippen molar-refractivity contribution in [2.24, 2.45) is 4.99 Å². The summed E-state index contributed by atoms with van der Waals surface area (Å²) in [5.41, 5.74) is 2.99. The third kappa shape index (κ3) is 7.39. The predicted octanol–water partition coefficient (Wildman–Crippen LogP) is 6.04. The number of halogens is 1. The first-order valence-corrected chi connectivity index (χ1v) is 10.3. The summed E-state index contributed by atoms with van der Waals surface area (Å²) >= 11 is 5.97. The molecule has 0 aliphatic carbocycles. The van der Waals surface area contributed by atoms with Gasteiger partial charge in [0, 0.05) is 22.9 Å². The molecule has 0 fully saturated rings. The first kappa shape index (κ1) is 22.2. The molecule has 0 atom stereocenters. The summed E-state index contributed by atoms with van der Waals surface area (Å²) < 4.78 is 10.8. The van der Waals surface area contributed by atoms with Gasteiger partial charge < -0.3 is 20.1 Å². The van der Waals surface area contributed by atoms with Crippen LogP contribution in [-0.2, 0) is 6.42 Å². The summed E-state index contributed by atoms with van der Waals surface area (Å²) in [4.78, 5) is 4.73. The van der Waals surface area contributed by atoms with Gasteiger partial charge in [0.1, 0.15) is 18.1 Å². The molecule has 0 radical (unpaired) electrons. The fraction of sp³-hybridized carbons (Fsp3) is 0.160. The summed E-state index contributed by atoms with van der Waals surface area (Å²) in [6.07, 6.45) is 2.53. The Hall–Kier alpha value is -3.44. The van der Waals surface area contributed by atoms with Crippen LogP contribution in [0.2, 0.25) is 5.02 Å². The Labute approximate surface area is 188 Å². The molecule has 5 nitrogen and oxygen atoms in total. The Bertz CT molecular complexity index is 985. The van der Waals surface area contributed by atoms with Gasteiger partial charge in [-0.1, -0.05) is 36.4 Å². The van der Waals surface area contributed by atoms with Crippen molar-refractivity contribution >= 4 is 28.9 Å². The zero-order chi connectivity index (χ0) is 21.9. The number of benzene rings is 3. The monoisotopic (exact) mass is 435 g/mol.